The van der Waals surface area contributed by atoms with Gasteiger partial charge in [0.15, 0.2) is 11.5 Å². The number of nitrogens with one attached hydrogen (secondary N) is 3. The molecule has 0 aliphatic heterocycles. The molecule has 30 heavy (non-hydrogen) atoms. The first kappa shape index (κ1) is 25.3. The maximum absolute atomic E-state index is 12.0. The number of hydrogen-bond acceptors (Lipinski definition) is 6. The number of halogens is 1. The number of amides is 2. The van der Waals surface area contributed by atoms with Crippen LogP contribution in [0.25, 0.3) is 0 Å². The minimum atomic E-state index is -0.624. The molecule has 164 valence electrons. The Bertz CT molecular complexity index is 890. The van der Waals surface area contributed by atoms with Gasteiger partial charge in [-0.05, 0) is 58.4 Å². The van der Waals surface area contributed by atoms with Crippen LogP contribution in [-0.4, -0.2) is 40.9 Å². The molecule has 0 saturated carbocycles. The number of likely N-dealkylation sites (N-methyl/N-ethyl adjacent to an activating group) is 1. The van der Waals surface area contributed by atoms with E-state index in [4.69, 9.17) is 5.73 Å². The second-order valence-corrected chi connectivity index (χ2v) is 7.12. The van der Waals surface area contributed by atoms with Gasteiger partial charge in [-0.15, -0.1) is 12.4 Å². The number of aryl methyl sites for hydroxylation is 2. The monoisotopic (exact) mass is 434 g/mol. The first-order chi connectivity index (χ1) is 13.7. The quantitative estimate of drug-likeness (QED) is 0.480. The van der Waals surface area contributed by atoms with E-state index in [1.807, 2.05) is 52.0 Å². The second-order valence-electron chi connectivity index (χ2n) is 7.12. The van der Waals surface area contributed by atoms with E-state index in [9.17, 15) is 9.59 Å². The van der Waals surface area contributed by atoms with Crippen LogP contribution in [0, 0.1) is 6.92 Å². The highest BCUT2D eigenvalue weighted by atomic mass is 35.5. The molecular weight excluding hydrogens is 404 g/mol. The molecule has 2 atom stereocenters. The average Bonchev–Trinajstić information content (AvgIpc) is 2.67. The Morgan fingerprint density at radius 1 is 1.20 bits per heavy atom. The summed E-state index contributed by atoms with van der Waals surface area (Å²) in [5.74, 6) is -0.323. The number of anilines is 2. The Hall–Kier alpha value is -2.71. The number of nitrogens with two attached hydrogens (primary N) is 1. The van der Waals surface area contributed by atoms with Gasteiger partial charge in [-0.3, -0.25) is 9.59 Å². The number of carbonyl (C=O) groups is 2. The summed E-state index contributed by atoms with van der Waals surface area (Å²) in [6.07, 6.45) is 1.34. The van der Waals surface area contributed by atoms with E-state index in [0.29, 0.717) is 18.7 Å². The fraction of sp³-hybridized carbons (Fsp3) is 0.429. The molecule has 5 N–H and O–H groups in total. The minimum Gasteiger partial charge on any atom is -0.364 e. The summed E-state index contributed by atoms with van der Waals surface area (Å²) in [7, 11) is 1.75. The van der Waals surface area contributed by atoms with Gasteiger partial charge in [0.1, 0.15) is 0 Å². The zero-order valence-electron chi connectivity index (χ0n) is 18.1. The van der Waals surface area contributed by atoms with E-state index in [1.165, 1.54) is 0 Å². The molecular formula is C21H31ClN6O2. The van der Waals surface area contributed by atoms with E-state index < -0.39 is 5.91 Å². The highest BCUT2D eigenvalue weighted by Gasteiger charge is 2.16. The molecule has 0 spiro atoms. The molecule has 0 radical (unpaired) electrons. The summed E-state index contributed by atoms with van der Waals surface area (Å²) in [6, 6.07) is 7.46. The van der Waals surface area contributed by atoms with E-state index in [-0.39, 0.29) is 36.1 Å². The van der Waals surface area contributed by atoms with Crippen molar-refractivity contribution in [2.75, 3.05) is 12.4 Å². The largest absolute Gasteiger partial charge is 0.364 e. The fourth-order valence-electron chi connectivity index (χ4n) is 2.96. The molecule has 2 amide bonds. The molecule has 1 aromatic heterocycles. The standard InChI is InChI=1S/C21H30N6O2.ClH/c1-6-17-13(3)25-20(18(27-17)19(22)28)26-16-9-7-8-15(11-16)10-12(2)24-21(29)14(4)23-5;/h7-9,11-12,14,23H,6,10H2,1-5H3,(H2,22,28)(H,24,29)(H,25,26);1H/t12-,14-;/m0./s1. The van der Waals surface area contributed by atoms with Gasteiger partial charge < -0.3 is 21.7 Å². The summed E-state index contributed by atoms with van der Waals surface area (Å²) < 4.78 is 0. The maximum Gasteiger partial charge on any atom is 0.271 e. The molecule has 0 aliphatic carbocycles. The van der Waals surface area contributed by atoms with E-state index in [2.05, 4.69) is 25.9 Å². The number of rotatable bonds is 9. The van der Waals surface area contributed by atoms with Crippen LogP contribution < -0.4 is 21.7 Å². The molecule has 2 aromatic rings. The van der Waals surface area contributed by atoms with Crippen molar-refractivity contribution in [3.63, 3.8) is 0 Å². The highest BCUT2D eigenvalue weighted by Crippen LogP contribution is 2.21. The molecule has 9 heteroatoms. The summed E-state index contributed by atoms with van der Waals surface area (Å²) in [5.41, 5.74) is 8.93. The molecule has 0 fully saturated rings. The summed E-state index contributed by atoms with van der Waals surface area (Å²) >= 11 is 0. The Kier molecular flexibility index (Phi) is 9.68. The van der Waals surface area contributed by atoms with Crippen LogP contribution in [0.2, 0.25) is 0 Å². The van der Waals surface area contributed by atoms with E-state index >= 15 is 0 Å². The fourth-order valence-corrected chi connectivity index (χ4v) is 2.96. The molecule has 1 aromatic carbocycles. The SMILES string of the molecule is CCc1nc(C(N)=O)c(Nc2cccc(C[C@H](C)NC(=O)[C@H](C)NC)c2)nc1C.Cl. The number of aromatic nitrogens is 2. The van der Waals surface area contributed by atoms with Crippen LogP contribution in [0.15, 0.2) is 24.3 Å². The average molecular weight is 435 g/mol. The second kappa shape index (κ2) is 11.5. The molecule has 0 aliphatic rings. The highest BCUT2D eigenvalue weighted by molar-refractivity contribution is 5.96. The third-order valence-electron chi connectivity index (χ3n) is 4.68. The van der Waals surface area contributed by atoms with Crippen molar-refractivity contribution < 1.29 is 9.59 Å². The molecule has 0 bridgehead atoms. The lowest BCUT2D eigenvalue weighted by atomic mass is 10.1. The van der Waals surface area contributed by atoms with Crippen molar-refractivity contribution in [1.82, 2.24) is 20.6 Å². The van der Waals surface area contributed by atoms with Gasteiger partial charge in [0.05, 0.1) is 17.4 Å². The van der Waals surface area contributed by atoms with Gasteiger partial charge in [0, 0.05) is 11.7 Å². The van der Waals surface area contributed by atoms with Crippen molar-refractivity contribution in [3.8, 4) is 0 Å². The normalized spacial score (nSPS) is 12.4. The van der Waals surface area contributed by atoms with Crippen LogP contribution in [0.1, 0.15) is 48.2 Å². The number of primary amides is 1. The summed E-state index contributed by atoms with van der Waals surface area (Å²) in [6.45, 7) is 7.59. The Morgan fingerprint density at radius 3 is 2.50 bits per heavy atom. The molecule has 0 saturated heterocycles. The number of nitrogens with zero attached hydrogens (tertiary/aromatic N) is 2. The van der Waals surface area contributed by atoms with Crippen molar-refractivity contribution in [3.05, 3.63) is 46.9 Å². The zero-order valence-corrected chi connectivity index (χ0v) is 18.9. The van der Waals surface area contributed by atoms with Crippen LogP contribution in [0.4, 0.5) is 11.5 Å². The van der Waals surface area contributed by atoms with Crippen LogP contribution in [0.5, 0.6) is 0 Å². The molecule has 8 nitrogen and oxygen atoms in total. The lowest BCUT2D eigenvalue weighted by molar-refractivity contribution is -0.123. The van der Waals surface area contributed by atoms with Gasteiger partial charge in [-0.1, -0.05) is 19.1 Å². The zero-order chi connectivity index (χ0) is 21.6. The molecule has 0 unspecified atom stereocenters. The topological polar surface area (TPSA) is 122 Å². The van der Waals surface area contributed by atoms with E-state index in [0.717, 1.165) is 22.6 Å². The Morgan fingerprint density at radius 2 is 1.90 bits per heavy atom. The van der Waals surface area contributed by atoms with Crippen LogP contribution >= 0.6 is 12.4 Å². The smallest absolute Gasteiger partial charge is 0.271 e. The Balaban J connectivity index is 0.00000450. The van der Waals surface area contributed by atoms with Gasteiger partial charge in [0.25, 0.3) is 5.91 Å². The van der Waals surface area contributed by atoms with Gasteiger partial charge in [-0.2, -0.15) is 0 Å². The summed E-state index contributed by atoms with van der Waals surface area (Å²) in [5, 5.41) is 9.07. The summed E-state index contributed by atoms with van der Waals surface area (Å²) in [4.78, 5) is 32.7. The van der Waals surface area contributed by atoms with Crippen LogP contribution in [0.3, 0.4) is 0 Å². The van der Waals surface area contributed by atoms with E-state index in [1.54, 1.807) is 7.05 Å². The number of hydrogen-bond donors (Lipinski definition) is 4. The maximum atomic E-state index is 12.0. The van der Waals surface area contributed by atoms with Gasteiger partial charge >= 0.3 is 0 Å². The first-order valence-corrected chi connectivity index (χ1v) is 9.76. The number of carbonyl (C=O) groups excluding carboxylic acids is 2. The first-order valence-electron chi connectivity index (χ1n) is 9.76. The van der Waals surface area contributed by atoms with Crippen molar-refractivity contribution in [2.24, 2.45) is 5.73 Å². The number of benzene rings is 1. The van der Waals surface area contributed by atoms with Gasteiger partial charge in [0.2, 0.25) is 5.91 Å². The third-order valence-corrected chi connectivity index (χ3v) is 4.68. The van der Waals surface area contributed by atoms with Crippen LogP contribution in [-0.2, 0) is 17.6 Å². The molecule has 1 heterocycles. The van der Waals surface area contributed by atoms with Crippen molar-refractivity contribution in [2.45, 2.75) is 52.6 Å². The lowest BCUT2D eigenvalue weighted by Gasteiger charge is -2.18. The predicted octanol–water partition coefficient (Wildman–Crippen LogP) is 2.27. The van der Waals surface area contributed by atoms with Crippen molar-refractivity contribution >= 4 is 35.7 Å². The lowest BCUT2D eigenvalue weighted by Crippen LogP contribution is -2.44. The van der Waals surface area contributed by atoms with Gasteiger partial charge in [-0.25, -0.2) is 9.97 Å². The predicted molar refractivity (Wildman–Crippen MR) is 121 cm³/mol. The Labute approximate surface area is 183 Å². The third kappa shape index (κ3) is 6.67. The molecule has 2 rings (SSSR count). The van der Waals surface area contributed by atoms with Crippen molar-refractivity contribution in [1.29, 1.82) is 0 Å². The minimum absolute atomic E-state index is 0.